The van der Waals surface area contributed by atoms with E-state index in [9.17, 15) is 4.39 Å². The average molecular weight is 333 g/mol. The molecule has 0 radical (unpaired) electrons. The van der Waals surface area contributed by atoms with E-state index < -0.39 is 6.04 Å². The molecule has 2 N–H and O–H groups in total. The Morgan fingerprint density at radius 1 is 1.56 bits per heavy atom. The summed E-state index contributed by atoms with van der Waals surface area (Å²) in [6, 6.07) is 3.76. The van der Waals surface area contributed by atoms with Crippen LogP contribution in [0.5, 0.6) is 0 Å². The lowest BCUT2D eigenvalue weighted by Crippen LogP contribution is -2.18. The summed E-state index contributed by atoms with van der Waals surface area (Å²) in [4.78, 5) is 0. The number of hydrogen-bond acceptors (Lipinski definition) is 2. The molecule has 1 heterocycles. The molecule has 0 amide bonds. The molecular formula is C12H12BrClFN3. The highest BCUT2D eigenvalue weighted by molar-refractivity contribution is 9.10. The van der Waals surface area contributed by atoms with E-state index in [-0.39, 0.29) is 5.82 Å². The van der Waals surface area contributed by atoms with Gasteiger partial charge in [0.2, 0.25) is 0 Å². The number of rotatable bonds is 3. The Hall–Kier alpha value is -0.910. The third-order valence-corrected chi connectivity index (χ3v) is 3.66. The summed E-state index contributed by atoms with van der Waals surface area (Å²) in [7, 11) is 0. The summed E-state index contributed by atoms with van der Waals surface area (Å²) in [5.41, 5.74) is 7.69. The van der Waals surface area contributed by atoms with Crippen LogP contribution in [0.1, 0.15) is 24.2 Å². The van der Waals surface area contributed by atoms with Crippen LogP contribution in [-0.4, -0.2) is 9.78 Å². The van der Waals surface area contributed by atoms with Crippen molar-refractivity contribution >= 4 is 27.5 Å². The standard InChI is InChI=1S/C12H12BrClFN3/c1-2-18-12(9(13)6-17-18)11(16)8-4-3-7(15)5-10(8)14/h3-6,11H,2,16H2,1H3. The van der Waals surface area contributed by atoms with Gasteiger partial charge in [-0.05, 0) is 40.5 Å². The van der Waals surface area contributed by atoms with Crippen molar-refractivity contribution in [2.24, 2.45) is 5.73 Å². The third kappa shape index (κ3) is 2.43. The first-order valence-electron chi connectivity index (χ1n) is 5.46. The highest BCUT2D eigenvalue weighted by atomic mass is 79.9. The van der Waals surface area contributed by atoms with Gasteiger partial charge in [0.05, 0.1) is 22.4 Å². The molecule has 0 spiro atoms. The van der Waals surface area contributed by atoms with Crippen LogP contribution in [0.15, 0.2) is 28.9 Å². The van der Waals surface area contributed by atoms with Crippen LogP contribution < -0.4 is 5.73 Å². The molecule has 0 fully saturated rings. The van der Waals surface area contributed by atoms with Gasteiger partial charge in [0.1, 0.15) is 5.82 Å². The highest BCUT2D eigenvalue weighted by Crippen LogP contribution is 2.31. The lowest BCUT2D eigenvalue weighted by molar-refractivity contribution is 0.597. The molecular weight excluding hydrogens is 321 g/mol. The molecule has 0 saturated carbocycles. The average Bonchev–Trinajstić information content (AvgIpc) is 2.69. The second-order valence-electron chi connectivity index (χ2n) is 3.84. The van der Waals surface area contributed by atoms with E-state index in [1.807, 2.05) is 6.92 Å². The molecule has 3 nitrogen and oxygen atoms in total. The Kier molecular flexibility index (Phi) is 4.04. The minimum atomic E-state index is -0.449. The molecule has 1 aromatic carbocycles. The van der Waals surface area contributed by atoms with Crippen LogP contribution in [0, 0.1) is 5.82 Å². The lowest BCUT2D eigenvalue weighted by Gasteiger charge is -2.16. The van der Waals surface area contributed by atoms with Gasteiger partial charge in [-0.3, -0.25) is 4.68 Å². The summed E-state index contributed by atoms with van der Waals surface area (Å²) in [5.74, 6) is -0.376. The highest BCUT2D eigenvalue weighted by Gasteiger charge is 2.20. The number of nitrogens with two attached hydrogens (primary N) is 1. The Bertz CT molecular complexity index is 570. The topological polar surface area (TPSA) is 43.8 Å². The SMILES string of the molecule is CCn1ncc(Br)c1C(N)c1ccc(F)cc1Cl. The quantitative estimate of drug-likeness (QED) is 0.935. The summed E-state index contributed by atoms with van der Waals surface area (Å²) in [6.45, 7) is 2.68. The predicted molar refractivity (Wildman–Crippen MR) is 73.0 cm³/mol. The molecule has 2 aromatic rings. The van der Waals surface area contributed by atoms with Gasteiger partial charge in [0.25, 0.3) is 0 Å². The first kappa shape index (κ1) is 13.5. The maximum absolute atomic E-state index is 13.0. The zero-order valence-electron chi connectivity index (χ0n) is 9.70. The normalized spacial score (nSPS) is 12.7. The Morgan fingerprint density at radius 3 is 2.89 bits per heavy atom. The van der Waals surface area contributed by atoms with Crippen molar-refractivity contribution in [3.05, 3.63) is 51.0 Å². The number of nitrogens with zero attached hydrogens (tertiary/aromatic N) is 2. The van der Waals surface area contributed by atoms with E-state index in [1.54, 1.807) is 16.9 Å². The molecule has 1 aromatic heterocycles. The van der Waals surface area contributed by atoms with Crippen LogP contribution >= 0.6 is 27.5 Å². The number of aromatic nitrogens is 2. The molecule has 1 atom stereocenters. The Morgan fingerprint density at radius 2 is 2.28 bits per heavy atom. The zero-order valence-corrected chi connectivity index (χ0v) is 12.0. The van der Waals surface area contributed by atoms with Gasteiger partial charge in [-0.25, -0.2) is 4.39 Å². The smallest absolute Gasteiger partial charge is 0.124 e. The van der Waals surface area contributed by atoms with Gasteiger partial charge in [-0.2, -0.15) is 5.10 Å². The van der Waals surface area contributed by atoms with Gasteiger partial charge in [0, 0.05) is 11.6 Å². The van der Waals surface area contributed by atoms with Gasteiger partial charge >= 0.3 is 0 Å². The van der Waals surface area contributed by atoms with Crippen LogP contribution in [0.4, 0.5) is 4.39 Å². The van der Waals surface area contributed by atoms with Gasteiger partial charge in [-0.15, -0.1) is 0 Å². The number of halogens is 3. The molecule has 2 rings (SSSR count). The molecule has 0 aliphatic carbocycles. The summed E-state index contributed by atoms with van der Waals surface area (Å²) >= 11 is 9.44. The summed E-state index contributed by atoms with van der Waals surface area (Å²) < 4.78 is 15.6. The molecule has 0 saturated heterocycles. The van der Waals surface area contributed by atoms with E-state index in [0.717, 1.165) is 10.2 Å². The fraction of sp³-hybridized carbons (Fsp3) is 0.250. The first-order valence-corrected chi connectivity index (χ1v) is 6.63. The van der Waals surface area contributed by atoms with E-state index in [1.165, 1.54) is 12.1 Å². The van der Waals surface area contributed by atoms with Crippen LogP contribution in [0.25, 0.3) is 0 Å². The molecule has 0 aliphatic rings. The first-order chi connectivity index (χ1) is 8.54. The van der Waals surface area contributed by atoms with E-state index in [2.05, 4.69) is 21.0 Å². The minimum absolute atomic E-state index is 0.318. The van der Waals surface area contributed by atoms with Crippen LogP contribution in [0.3, 0.4) is 0 Å². The van der Waals surface area contributed by atoms with Crippen molar-refractivity contribution < 1.29 is 4.39 Å². The number of aryl methyl sites for hydroxylation is 1. The lowest BCUT2D eigenvalue weighted by atomic mass is 10.0. The van der Waals surface area contributed by atoms with Crippen LogP contribution in [-0.2, 0) is 6.54 Å². The van der Waals surface area contributed by atoms with E-state index >= 15 is 0 Å². The van der Waals surface area contributed by atoms with Crippen molar-refractivity contribution in [3.63, 3.8) is 0 Å². The third-order valence-electron chi connectivity index (χ3n) is 2.72. The maximum Gasteiger partial charge on any atom is 0.124 e. The van der Waals surface area contributed by atoms with Crippen molar-refractivity contribution in [3.8, 4) is 0 Å². The van der Waals surface area contributed by atoms with Gasteiger partial charge in [-0.1, -0.05) is 17.7 Å². The Balaban J connectivity index is 2.47. The maximum atomic E-state index is 13.0. The largest absolute Gasteiger partial charge is 0.319 e. The second-order valence-corrected chi connectivity index (χ2v) is 5.10. The molecule has 6 heteroatoms. The molecule has 1 unspecified atom stereocenters. The summed E-state index contributed by atoms with van der Waals surface area (Å²) in [5, 5.41) is 4.52. The number of benzene rings is 1. The van der Waals surface area contributed by atoms with Crippen molar-refractivity contribution in [2.75, 3.05) is 0 Å². The van der Waals surface area contributed by atoms with Crippen LogP contribution in [0.2, 0.25) is 5.02 Å². The Labute approximate surface area is 118 Å². The van der Waals surface area contributed by atoms with Gasteiger partial charge < -0.3 is 5.73 Å². The second kappa shape index (κ2) is 5.38. The van der Waals surface area contributed by atoms with Gasteiger partial charge in [0.15, 0.2) is 0 Å². The van der Waals surface area contributed by atoms with Crippen molar-refractivity contribution in [2.45, 2.75) is 19.5 Å². The fourth-order valence-electron chi connectivity index (χ4n) is 1.83. The van der Waals surface area contributed by atoms with Crippen molar-refractivity contribution in [1.82, 2.24) is 9.78 Å². The zero-order chi connectivity index (χ0) is 13.3. The molecule has 18 heavy (non-hydrogen) atoms. The predicted octanol–water partition coefficient (Wildman–Crippen LogP) is 3.51. The monoisotopic (exact) mass is 331 g/mol. The minimum Gasteiger partial charge on any atom is -0.319 e. The molecule has 0 aliphatic heterocycles. The van der Waals surface area contributed by atoms with E-state index in [0.29, 0.717) is 17.1 Å². The molecule has 96 valence electrons. The van der Waals surface area contributed by atoms with E-state index in [4.69, 9.17) is 17.3 Å². The molecule has 0 bridgehead atoms. The number of hydrogen-bond donors (Lipinski definition) is 1. The van der Waals surface area contributed by atoms with Crippen molar-refractivity contribution in [1.29, 1.82) is 0 Å². The summed E-state index contributed by atoms with van der Waals surface area (Å²) in [6.07, 6.45) is 1.69. The fourth-order valence-corrected chi connectivity index (χ4v) is 2.66.